The van der Waals surface area contributed by atoms with E-state index in [1.54, 1.807) is 0 Å². The molecule has 2 fully saturated rings. The number of piperidine rings is 1. The lowest BCUT2D eigenvalue weighted by molar-refractivity contribution is -0.138. The summed E-state index contributed by atoms with van der Waals surface area (Å²) in [5.74, 6) is 0.00271. The van der Waals surface area contributed by atoms with Gasteiger partial charge in [-0.25, -0.2) is 12.7 Å². The van der Waals surface area contributed by atoms with E-state index in [1.807, 2.05) is 49.1 Å². The first kappa shape index (κ1) is 23.7. The lowest BCUT2D eigenvalue weighted by atomic mass is 9.96. The Kier molecular flexibility index (Phi) is 8.07. The SMILES string of the molecule is CC(C)NC(=O)CN1CCN(C(=O)C2CCN(S(=O)(=O)Cc3ccccc3)CC2)CC1. The highest BCUT2D eigenvalue weighted by atomic mass is 32.2. The van der Waals surface area contributed by atoms with Crippen LogP contribution in [0.4, 0.5) is 0 Å². The van der Waals surface area contributed by atoms with E-state index in [1.165, 1.54) is 4.31 Å². The molecule has 2 aliphatic rings. The van der Waals surface area contributed by atoms with Gasteiger partial charge in [0.25, 0.3) is 0 Å². The molecule has 2 heterocycles. The first-order valence-corrected chi connectivity index (χ1v) is 12.7. The molecular formula is C22H34N4O4S. The van der Waals surface area contributed by atoms with Crippen LogP contribution in [0.1, 0.15) is 32.3 Å². The van der Waals surface area contributed by atoms with Crippen LogP contribution >= 0.6 is 0 Å². The fraction of sp³-hybridized carbons (Fsp3) is 0.636. The summed E-state index contributed by atoms with van der Waals surface area (Å²) < 4.78 is 27.0. The summed E-state index contributed by atoms with van der Waals surface area (Å²) in [6.07, 6.45) is 1.12. The normalized spacial score (nSPS) is 19.5. The maximum Gasteiger partial charge on any atom is 0.234 e. The second kappa shape index (κ2) is 10.6. The predicted molar refractivity (Wildman–Crippen MR) is 120 cm³/mol. The van der Waals surface area contributed by atoms with Gasteiger partial charge in [-0.05, 0) is 32.3 Å². The van der Waals surface area contributed by atoms with Crippen LogP contribution in [0.5, 0.6) is 0 Å². The summed E-state index contributed by atoms with van der Waals surface area (Å²) in [7, 11) is -3.37. The fourth-order valence-corrected chi connectivity index (χ4v) is 5.78. The number of nitrogens with one attached hydrogen (secondary N) is 1. The molecule has 0 aliphatic carbocycles. The van der Waals surface area contributed by atoms with E-state index in [0.29, 0.717) is 58.7 Å². The summed E-state index contributed by atoms with van der Waals surface area (Å²) in [6.45, 7) is 7.60. The van der Waals surface area contributed by atoms with Crippen molar-refractivity contribution in [2.24, 2.45) is 5.92 Å². The number of piperazine rings is 1. The summed E-state index contributed by atoms with van der Waals surface area (Å²) in [6, 6.07) is 9.31. The first-order valence-electron chi connectivity index (χ1n) is 11.1. The van der Waals surface area contributed by atoms with Gasteiger partial charge in [0.05, 0.1) is 12.3 Å². The van der Waals surface area contributed by atoms with Gasteiger partial charge in [0.2, 0.25) is 21.8 Å². The van der Waals surface area contributed by atoms with Crippen molar-refractivity contribution in [2.75, 3.05) is 45.8 Å². The largest absolute Gasteiger partial charge is 0.353 e. The summed E-state index contributed by atoms with van der Waals surface area (Å²) in [4.78, 5) is 28.8. The van der Waals surface area contributed by atoms with Gasteiger partial charge >= 0.3 is 0 Å². The van der Waals surface area contributed by atoms with Crippen LogP contribution in [-0.4, -0.2) is 86.2 Å². The van der Waals surface area contributed by atoms with E-state index < -0.39 is 10.0 Å². The molecule has 8 nitrogen and oxygen atoms in total. The molecule has 3 rings (SSSR count). The number of hydrogen-bond acceptors (Lipinski definition) is 5. The molecule has 2 saturated heterocycles. The second-order valence-electron chi connectivity index (χ2n) is 8.74. The average molecular weight is 451 g/mol. The van der Waals surface area contributed by atoms with Crippen molar-refractivity contribution in [3.8, 4) is 0 Å². The fourth-order valence-electron chi connectivity index (χ4n) is 4.21. The van der Waals surface area contributed by atoms with Crippen LogP contribution in [0.25, 0.3) is 0 Å². The van der Waals surface area contributed by atoms with E-state index in [4.69, 9.17) is 0 Å². The lowest BCUT2D eigenvalue weighted by Crippen LogP contribution is -2.53. The van der Waals surface area contributed by atoms with Crippen molar-refractivity contribution in [1.29, 1.82) is 0 Å². The predicted octanol–water partition coefficient (Wildman–Crippen LogP) is 0.897. The van der Waals surface area contributed by atoms with E-state index in [9.17, 15) is 18.0 Å². The Morgan fingerprint density at radius 2 is 1.61 bits per heavy atom. The van der Waals surface area contributed by atoms with Crippen molar-refractivity contribution in [2.45, 2.75) is 38.5 Å². The van der Waals surface area contributed by atoms with Crippen LogP contribution in [0.2, 0.25) is 0 Å². The monoisotopic (exact) mass is 450 g/mol. The Balaban J connectivity index is 1.44. The third-order valence-corrected chi connectivity index (χ3v) is 7.74. The Labute approximate surface area is 185 Å². The standard InChI is InChI=1S/C22H34N4O4S/c1-18(2)23-21(27)16-24-12-14-25(15-13-24)22(28)20-8-10-26(11-9-20)31(29,30)17-19-6-4-3-5-7-19/h3-7,18,20H,8-17H2,1-2H3,(H,23,27). The van der Waals surface area contributed by atoms with Gasteiger partial charge in [-0.1, -0.05) is 30.3 Å². The van der Waals surface area contributed by atoms with Crippen LogP contribution in [0.3, 0.4) is 0 Å². The van der Waals surface area contributed by atoms with Gasteiger partial charge in [0, 0.05) is 51.2 Å². The lowest BCUT2D eigenvalue weighted by Gasteiger charge is -2.38. The molecule has 0 bridgehead atoms. The van der Waals surface area contributed by atoms with Crippen molar-refractivity contribution in [3.63, 3.8) is 0 Å². The van der Waals surface area contributed by atoms with Crippen molar-refractivity contribution in [3.05, 3.63) is 35.9 Å². The minimum atomic E-state index is -3.37. The molecule has 2 aliphatic heterocycles. The highest BCUT2D eigenvalue weighted by molar-refractivity contribution is 7.88. The van der Waals surface area contributed by atoms with Crippen LogP contribution in [0.15, 0.2) is 30.3 Å². The molecule has 31 heavy (non-hydrogen) atoms. The molecule has 0 saturated carbocycles. The molecule has 2 amide bonds. The second-order valence-corrected chi connectivity index (χ2v) is 10.7. The molecular weight excluding hydrogens is 416 g/mol. The molecule has 9 heteroatoms. The number of amides is 2. The first-order chi connectivity index (χ1) is 14.7. The Bertz CT molecular complexity index is 844. The van der Waals surface area contributed by atoms with Gasteiger partial charge < -0.3 is 10.2 Å². The highest BCUT2D eigenvalue weighted by Crippen LogP contribution is 2.24. The Morgan fingerprint density at radius 1 is 1.00 bits per heavy atom. The molecule has 1 N–H and O–H groups in total. The van der Waals surface area contributed by atoms with Gasteiger partial charge in [-0.3, -0.25) is 14.5 Å². The number of carbonyl (C=O) groups excluding carboxylic acids is 2. The zero-order valence-corrected chi connectivity index (χ0v) is 19.3. The molecule has 0 unspecified atom stereocenters. The topological polar surface area (TPSA) is 90.0 Å². The number of sulfonamides is 1. The van der Waals surface area contributed by atoms with Gasteiger partial charge in [0.1, 0.15) is 0 Å². The number of rotatable bonds is 7. The summed E-state index contributed by atoms with van der Waals surface area (Å²) in [5, 5.41) is 2.89. The molecule has 0 radical (unpaired) electrons. The van der Waals surface area contributed by atoms with Gasteiger partial charge in [-0.15, -0.1) is 0 Å². The third kappa shape index (κ3) is 6.75. The smallest absolute Gasteiger partial charge is 0.234 e. The minimum absolute atomic E-state index is 0.00119. The quantitative estimate of drug-likeness (QED) is 0.667. The van der Waals surface area contributed by atoms with Crippen molar-refractivity contribution < 1.29 is 18.0 Å². The maximum atomic E-state index is 12.9. The molecule has 0 atom stereocenters. The molecule has 1 aromatic carbocycles. The van der Waals surface area contributed by atoms with Crippen LogP contribution < -0.4 is 5.32 Å². The zero-order valence-electron chi connectivity index (χ0n) is 18.5. The maximum absolute atomic E-state index is 12.9. The van der Waals surface area contributed by atoms with Crippen LogP contribution in [0, 0.1) is 5.92 Å². The highest BCUT2D eigenvalue weighted by Gasteiger charge is 2.34. The van der Waals surface area contributed by atoms with E-state index >= 15 is 0 Å². The molecule has 1 aromatic rings. The number of carbonyl (C=O) groups is 2. The summed E-state index contributed by atoms with van der Waals surface area (Å²) in [5.41, 5.74) is 0.778. The summed E-state index contributed by atoms with van der Waals surface area (Å²) >= 11 is 0. The molecule has 0 aromatic heterocycles. The molecule has 172 valence electrons. The minimum Gasteiger partial charge on any atom is -0.353 e. The third-order valence-electron chi connectivity index (χ3n) is 5.89. The van der Waals surface area contributed by atoms with Crippen molar-refractivity contribution in [1.82, 2.24) is 19.4 Å². The Morgan fingerprint density at radius 3 is 2.19 bits per heavy atom. The van der Waals surface area contributed by atoms with Crippen LogP contribution in [-0.2, 0) is 25.4 Å². The Hall–Kier alpha value is -1.97. The van der Waals surface area contributed by atoms with Crippen molar-refractivity contribution >= 4 is 21.8 Å². The number of nitrogens with zero attached hydrogens (tertiary/aromatic N) is 3. The number of benzene rings is 1. The van der Waals surface area contributed by atoms with Gasteiger partial charge in [0.15, 0.2) is 0 Å². The average Bonchev–Trinajstić information content (AvgIpc) is 2.74. The molecule has 0 spiro atoms. The van der Waals surface area contributed by atoms with E-state index in [2.05, 4.69) is 10.2 Å². The zero-order chi connectivity index (χ0) is 22.4. The van der Waals surface area contributed by atoms with E-state index in [0.717, 1.165) is 5.56 Å². The van der Waals surface area contributed by atoms with E-state index in [-0.39, 0.29) is 29.5 Å². The number of hydrogen-bond donors (Lipinski definition) is 1. The van der Waals surface area contributed by atoms with Gasteiger partial charge in [-0.2, -0.15) is 0 Å².